The number of nitrogen functional groups attached to an aromatic ring is 2. The second-order valence-corrected chi connectivity index (χ2v) is 13.1. The number of pyridine rings is 1. The number of nitrogens with zero attached hydrogens (tertiary/aromatic N) is 5. The fraction of sp³-hybridized carbons (Fsp3) is 0.346. The molecule has 16 nitrogen and oxygen atoms in total. The first-order valence-electron chi connectivity index (χ1n) is 13.4. The van der Waals surface area contributed by atoms with Crippen LogP contribution in [0.25, 0.3) is 11.0 Å². The van der Waals surface area contributed by atoms with Gasteiger partial charge in [-0.2, -0.15) is 4.57 Å². The average molecular weight is 678 g/mol. The zero-order valence-electron chi connectivity index (χ0n) is 23.8. The number of aliphatic carboxylic acids is 2. The van der Waals surface area contributed by atoms with Crippen molar-refractivity contribution in [2.24, 2.45) is 10.9 Å². The maximum atomic E-state index is 13.3. The molecule has 2 aliphatic heterocycles. The number of nitrogens with two attached hydrogens (primary N) is 3. The van der Waals surface area contributed by atoms with Crippen molar-refractivity contribution in [1.29, 1.82) is 0 Å². The number of nitrogens with one attached hydrogen (secondary N) is 1. The van der Waals surface area contributed by atoms with Crippen molar-refractivity contribution in [3.8, 4) is 0 Å². The number of carboxylic acids is 2. The van der Waals surface area contributed by atoms with E-state index in [9.17, 15) is 24.3 Å². The summed E-state index contributed by atoms with van der Waals surface area (Å²) in [5, 5.41) is 26.9. The molecule has 45 heavy (non-hydrogen) atoms. The van der Waals surface area contributed by atoms with E-state index < -0.39 is 47.0 Å². The first kappa shape index (κ1) is 32.0. The van der Waals surface area contributed by atoms with Crippen LogP contribution in [-0.4, -0.2) is 78.3 Å². The Morgan fingerprint density at radius 2 is 2.09 bits per heavy atom. The maximum Gasteiger partial charge on any atom is 0.347 e. The molecule has 0 radical (unpaired) electrons. The first-order valence-corrected chi connectivity index (χ1v) is 15.6. The van der Waals surface area contributed by atoms with Gasteiger partial charge in [0, 0.05) is 30.0 Å². The highest BCUT2D eigenvalue weighted by molar-refractivity contribution is 8.00. The number of carbonyl (C=O) groups is 4. The first-order chi connectivity index (χ1) is 21.3. The monoisotopic (exact) mass is 677 g/mol. The predicted molar refractivity (Wildman–Crippen MR) is 164 cm³/mol. The lowest BCUT2D eigenvalue weighted by atomic mass is 10.0. The van der Waals surface area contributed by atoms with E-state index in [1.165, 1.54) is 18.7 Å². The minimum atomic E-state index is -1.54. The number of aromatic nitrogens is 3. The zero-order valence-corrected chi connectivity index (χ0v) is 26.2. The van der Waals surface area contributed by atoms with Gasteiger partial charge in [-0.3, -0.25) is 14.5 Å². The summed E-state index contributed by atoms with van der Waals surface area (Å²) in [5.74, 6) is -3.84. The maximum absolute atomic E-state index is 13.3. The molecule has 5 heterocycles. The van der Waals surface area contributed by atoms with Crippen LogP contribution in [0.2, 0.25) is 4.34 Å². The molecule has 238 valence electrons. The number of oxime groups is 1. The van der Waals surface area contributed by atoms with Gasteiger partial charge in [0.2, 0.25) is 11.6 Å². The van der Waals surface area contributed by atoms with Crippen LogP contribution in [0.1, 0.15) is 19.5 Å². The molecular weight excluding hydrogens is 650 g/mol. The van der Waals surface area contributed by atoms with E-state index in [0.717, 1.165) is 27.3 Å². The van der Waals surface area contributed by atoms with Crippen molar-refractivity contribution in [3.05, 3.63) is 45.7 Å². The minimum absolute atomic E-state index is 0.00790. The number of β-lactam (4-membered cyclic amide) rings is 1. The van der Waals surface area contributed by atoms with E-state index in [1.807, 2.05) is 22.1 Å². The quantitative estimate of drug-likeness (QED) is 0.0698. The minimum Gasteiger partial charge on any atom is -0.543 e. The van der Waals surface area contributed by atoms with Crippen molar-refractivity contribution in [3.63, 3.8) is 0 Å². The van der Waals surface area contributed by atoms with E-state index in [0.29, 0.717) is 17.9 Å². The second kappa shape index (κ2) is 12.5. The van der Waals surface area contributed by atoms with Crippen molar-refractivity contribution in [2.75, 3.05) is 17.2 Å². The number of thioether (sulfide) groups is 1. The fourth-order valence-corrected chi connectivity index (χ4v) is 7.23. The molecule has 19 heteroatoms. The van der Waals surface area contributed by atoms with Crippen LogP contribution in [0, 0.1) is 0 Å². The van der Waals surface area contributed by atoms with Gasteiger partial charge in [-0.1, -0.05) is 28.1 Å². The molecule has 0 bridgehead atoms. The third kappa shape index (κ3) is 6.13. The van der Waals surface area contributed by atoms with Crippen LogP contribution in [0.5, 0.6) is 0 Å². The number of thiazole rings is 1. The molecule has 1 fully saturated rings. The molecule has 0 spiro atoms. The third-order valence-corrected chi connectivity index (χ3v) is 9.45. The van der Waals surface area contributed by atoms with Crippen LogP contribution >= 0.6 is 34.7 Å². The summed E-state index contributed by atoms with van der Waals surface area (Å²) in [6.45, 7) is 3.67. The van der Waals surface area contributed by atoms with Gasteiger partial charge in [-0.25, -0.2) is 9.78 Å². The van der Waals surface area contributed by atoms with Crippen molar-refractivity contribution in [1.82, 2.24) is 19.8 Å². The summed E-state index contributed by atoms with van der Waals surface area (Å²) in [4.78, 5) is 60.2. The molecule has 0 aromatic carbocycles. The molecule has 2 amide bonds. The SMILES string of the molecule is C[C@H](N)Cn1c(N)cc2c1ccc[n+]2CC1=C(C(=O)[O-])N2C(=O)C(NC(=O)/C(=N\O[C@@H](C)C(=O)O)c3nc(N)sc3Cl)C2SC1. The lowest BCUT2D eigenvalue weighted by Gasteiger charge is -2.50. The molecule has 1 saturated heterocycles. The summed E-state index contributed by atoms with van der Waals surface area (Å²) in [6, 6.07) is 4.16. The van der Waals surface area contributed by atoms with E-state index in [1.54, 1.807) is 18.3 Å². The lowest BCUT2D eigenvalue weighted by molar-refractivity contribution is -0.663. The number of fused-ring (bicyclic) bond motifs is 2. The van der Waals surface area contributed by atoms with Gasteiger partial charge >= 0.3 is 5.97 Å². The highest BCUT2D eigenvalue weighted by Crippen LogP contribution is 2.40. The number of anilines is 2. The van der Waals surface area contributed by atoms with Crippen LogP contribution < -0.4 is 32.2 Å². The highest BCUT2D eigenvalue weighted by Gasteiger charge is 2.53. The van der Waals surface area contributed by atoms with Crippen LogP contribution in [-0.2, 0) is 37.1 Å². The van der Waals surface area contributed by atoms with Crippen LogP contribution in [0.15, 0.2) is 40.8 Å². The van der Waals surface area contributed by atoms with Gasteiger partial charge in [-0.15, -0.1) is 11.8 Å². The van der Waals surface area contributed by atoms with E-state index in [2.05, 4.69) is 15.5 Å². The van der Waals surface area contributed by atoms with Crippen molar-refractivity contribution in [2.45, 2.75) is 50.5 Å². The smallest absolute Gasteiger partial charge is 0.347 e. The molecule has 5 rings (SSSR count). The van der Waals surface area contributed by atoms with Gasteiger partial charge in [-0.05, 0) is 19.9 Å². The van der Waals surface area contributed by atoms with E-state index in [4.69, 9.17) is 38.7 Å². The van der Waals surface area contributed by atoms with Gasteiger partial charge in [0.1, 0.15) is 32.8 Å². The van der Waals surface area contributed by atoms with Gasteiger partial charge in [0.15, 0.2) is 23.6 Å². The number of hydrogen-bond donors (Lipinski definition) is 5. The summed E-state index contributed by atoms with van der Waals surface area (Å²) in [7, 11) is 0. The molecule has 3 aromatic rings. The second-order valence-electron chi connectivity index (χ2n) is 10.4. The van der Waals surface area contributed by atoms with E-state index in [-0.39, 0.29) is 39.2 Å². The number of rotatable bonds is 11. The molecule has 2 unspecified atom stereocenters. The average Bonchev–Trinajstić information content (AvgIpc) is 3.48. The molecule has 0 saturated carbocycles. The number of amides is 2. The standard InChI is InChI=1S/C26H28ClN9O7S2/c1-10(28)7-35-13-4-3-5-34(14(13)6-15(35)29)8-12-9-44-23-18(22(38)36(23)19(12)25(41)42)31-21(37)17(33-43-11(2)24(39)40)16-20(27)45-26(30)32-16/h3-6,10-11,18,23,29H,7-9,28H2,1-2H3,(H5,30,31,32,37,39,40,41,42)/b33-17-/t10-,11-,18?,23?/m0/s1. The van der Waals surface area contributed by atoms with Crippen molar-refractivity contribution >= 4 is 86.1 Å². The normalized spacial score (nSPS) is 19.6. The Balaban J connectivity index is 1.40. The van der Waals surface area contributed by atoms with Crippen molar-refractivity contribution < 1.29 is 38.8 Å². The number of halogens is 1. The number of carbonyl (C=O) groups excluding carboxylic acids is 3. The Bertz CT molecular complexity index is 1790. The largest absolute Gasteiger partial charge is 0.543 e. The summed E-state index contributed by atoms with van der Waals surface area (Å²) >= 11 is 8.26. The van der Waals surface area contributed by atoms with Crippen LogP contribution in [0.3, 0.4) is 0 Å². The molecule has 0 aliphatic carbocycles. The molecule has 8 N–H and O–H groups in total. The van der Waals surface area contributed by atoms with E-state index >= 15 is 0 Å². The van der Waals surface area contributed by atoms with Gasteiger partial charge in [0.25, 0.3) is 11.8 Å². The Kier molecular flexibility index (Phi) is 8.92. The van der Waals surface area contributed by atoms with Gasteiger partial charge < -0.3 is 46.9 Å². The molecule has 4 atom stereocenters. The topological polar surface area (TPSA) is 248 Å². The van der Waals surface area contributed by atoms with Crippen LogP contribution in [0.4, 0.5) is 10.9 Å². The Hall–Kier alpha value is -4.39. The fourth-order valence-electron chi connectivity index (χ4n) is 4.96. The molecule has 2 aliphatic rings. The Labute approximate surface area is 268 Å². The number of carboxylic acid groups (broad SMARTS) is 2. The highest BCUT2D eigenvalue weighted by atomic mass is 35.5. The van der Waals surface area contributed by atoms with Gasteiger partial charge in [0.05, 0.1) is 17.7 Å². The number of hydrogen-bond acceptors (Lipinski definition) is 13. The molecule has 3 aromatic heterocycles. The summed E-state index contributed by atoms with van der Waals surface area (Å²) < 4.78 is 3.69. The predicted octanol–water partition coefficient (Wildman–Crippen LogP) is -1.15. The molecular formula is C26H28ClN9O7S2. The Morgan fingerprint density at radius 3 is 2.71 bits per heavy atom. The zero-order chi connectivity index (χ0) is 32.7. The summed E-state index contributed by atoms with van der Waals surface area (Å²) in [5.41, 5.74) is 18.9. The lowest BCUT2D eigenvalue weighted by Crippen LogP contribution is -2.71. The third-order valence-electron chi connectivity index (χ3n) is 7.03. The Morgan fingerprint density at radius 1 is 1.36 bits per heavy atom. The summed E-state index contributed by atoms with van der Waals surface area (Å²) in [6.07, 6.45) is 0.356.